The van der Waals surface area contributed by atoms with Crippen LogP contribution in [-0.2, 0) is 0 Å². The second-order valence-electron chi connectivity index (χ2n) is 3.50. The van der Waals surface area contributed by atoms with Gasteiger partial charge in [0, 0.05) is 6.07 Å². The van der Waals surface area contributed by atoms with Crippen LogP contribution >= 0.6 is 0 Å². The summed E-state index contributed by atoms with van der Waals surface area (Å²) in [5.41, 5.74) is 2.15. The summed E-state index contributed by atoms with van der Waals surface area (Å²) in [7, 11) is 3.50. The van der Waals surface area contributed by atoms with Crippen LogP contribution in [0.15, 0.2) is 24.0 Å². The zero-order valence-electron chi connectivity index (χ0n) is 9.61. The maximum absolute atomic E-state index is 5.05. The van der Waals surface area contributed by atoms with Gasteiger partial charge in [0.05, 0.1) is 18.8 Å². The molecule has 1 rings (SSSR count). The number of allylic oxidation sites excluding steroid dienone is 1. The highest BCUT2D eigenvalue weighted by molar-refractivity contribution is 5.21. The number of rotatable bonds is 4. The zero-order chi connectivity index (χ0) is 11.3. The van der Waals surface area contributed by atoms with E-state index in [0.717, 1.165) is 5.69 Å². The van der Waals surface area contributed by atoms with Gasteiger partial charge in [-0.15, -0.1) is 0 Å². The molecule has 0 saturated carbocycles. The number of hydrogen-bond donors (Lipinski definition) is 1. The Balaban J connectivity index is 2.96. The van der Waals surface area contributed by atoms with Gasteiger partial charge in [-0.05, 0) is 20.9 Å². The number of methoxy groups -OCH3 is 1. The molecule has 1 N–H and O–H groups in total. The monoisotopic (exact) mass is 207 g/mol. The van der Waals surface area contributed by atoms with Crippen molar-refractivity contribution in [2.24, 2.45) is 0 Å². The third kappa shape index (κ3) is 3.32. The lowest BCUT2D eigenvalue weighted by atomic mass is 10.1. The second kappa shape index (κ2) is 5.46. The summed E-state index contributed by atoms with van der Waals surface area (Å²) in [4.78, 5) is 8.19. The molecule has 82 valence electrons. The first kappa shape index (κ1) is 11.7. The van der Waals surface area contributed by atoms with E-state index < -0.39 is 0 Å². The number of ether oxygens (including phenoxy) is 1. The molecule has 0 aliphatic heterocycles. The van der Waals surface area contributed by atoms with Crippen molar-refractivity contribution in [1.82, 2.24) is 15.3 Å². The minimum Gasteiger partial charge on any atom is -0.481 e. The van der Waals surface area contributed by atoms with Crippen molar-refractivity contribution in [2.45, 2.75) is 19.9 Å². The van der Waals surface area contributed by atoms with Gasteiger partial charge in [0.2, 0.25) is 5.88 Å². The van der Waals surface area contributed by atoms with E-state index in [-0.39, 0.29) is 6.04 Å². The molecule has 1 aromatic rings. The van der Waals surface area contributed by atoms with Gasteiger partial charge in [-0.2, -0.15) is 0 Å². The van der Waals surface area contributed by atoms with E-state index in [4.69, 9.17) is 4.74 Å². The maximum Gasteiger partial charge on any atom is 0.216 e. The molecule has 0 radical (unpaired) electrons. The van der Waals surface area contributed by atoms with Crippen LogP contribution in [0.3, 0.4) is 0 Å². The molecule has 4 heteroatoms. The molecule has 0 spiro atoms. The largest absolute Gasteiger partial charge is 0.481 e. The van der Waals surface area contributed by atoms with E-state index >= 15 is 0 Å². The minimum absolute atomic E-state index is 0.104. The lowest BCUT2D eigenvalue weighted by Gasteiger charge is -2.12. The van der Waals surface area contributed by atoms with Crippen LogP contribution in [-0.4, -0.2) is 24.1 Å². The van der Waals surface area contributed by atoms with E-state index in [1.165, 1.54) is 11.9 Å². The predicted molar refractivity (Wildman–Crippen MR) is 59.8 cm³/mol. The van der Waals surface area contributed by atoms with Gasteiger partial charge in [0.15, 0.2) is 0 Å². The number of nitrogens with one attached hydrogen (secondary N) is 1. The van der Waals surface area contributed by atoms with Gasteiger partial charge in [0.1, 0.15) is 6.33 Å². The highest BCUT2D eigenvalue weighted by Crippen LogP contribution is 2.16. The third-order valence-electron chi connectivity index (χ3n) is 2.00. The fourth-order valence-electron chi connectivity index (χ4n) is 1.29. The second-order valence-corrected chi connectivity index (χ2v) is 3.50. The van der Waals surface area contributed by atoms with Crippen molar-refractivity contribution in [1.29, 1.82) is 0 Å². The van der Waals surface area contributed by atoms with Crippen LogP contribution in [0, 0.1) is 0 Å². The SMILES string of the molecule is CNC(C=C(C)C)c1cc(OC)ncn1. The summed E-state index contributed by atoms with van der Waals surface area (Å²) in [5.74, 6) is 0.586. The maximum atomic E-state index is 5.05. The van der Waals surface area contributed by atoms with E-state index in [0.29, 0.717) is 5.88 Å². The van der Waals surface area contributed by atoms with E-state index in [9.17, 15) is 0 Å². The lowest BCUT2D eigenvalue weighted by molar-refractivity contribution is 0.395. The first-order valence-corrected chi connectivity index (χ1v) is 4.85. The number of nitrogens with zero attached hydrogens (tertiary/aromatic N) is 2. The van der Waals surface area contributed by atoms with E-state index in [1.807, 2.05) is 13.1 Å². The molecule has 0 aliphatic rings. The predicted octanol–water partition coefficient (Wildman–Crippen LogP) is 1.71. The zero-order valence-corrected chi connectivity index (χ0v) is 9.61. The van der Waals surface area contributed by atoms with Crippen molar-refractivity contribution in [2.75, 3.05) is 14.2 Å². The highest BCUT2D eigenvalue weighted by Gasteiger charge is 2.08. The first-order valence-electron chi connectivity index (χ1n) is 4.85. The normalized spacial score (nSPS) is 12.0. The summed E-state index contributed by atoms with van der Waals surface area (Å²) in [5, 5.41) is 3.18. The minimum atomic E-state index is 0.104. The summed E-state index contributed by atoms with van der Waals surface area (Å²) in [6.45, 7) is 4.12. The molecule has 0 bridgehead atoms. The molecule has 4 nitrogen and oxygen atoms in total. The van der Waals surface area contributed by atoms with Gasteiger partial charge in [0.25, 0.3) is 0 Å². The van der Waals surface area contributed by atoms with Crippen molar-refractivity contribution < 1.29 is 4.74 Å². The molecule has 0 fully saturated rings. The van der Waals surface area contributed by atoms with Crippen molar-refractivity contribution in [3.8, 4) is 5.88 Å². The molecule has 1 heterocycles. The van der Waals surface area contributed by atoms with Crippen LogP contribution in [0.4, 0.5) is 0 Å². The van der Waals surface area contributed by atoms with Gasteiger partial charge in [-0.3, -0.25) is 0 Å². The van der Waals surface area contributed by atoms with E-state index in [2.05, 4.69) is 35.2 Å². The summed E-state index contributed by atoms with van der Waals surface area (Å²) in [6, 6.07) is 1.94. The van der Waals surface area contributed by atoms with Crippen molar-refractivity contribution >= 4 is 0 Å². The molecular weight excluding hydrogens is 190 g/mol. The Morgan fingerprint density at radius 3 is 2.73 bits per heavy atom. The van der Waals surface area contributed by atoms with Gasteiger partial charge >= 0.3 is 0 Å². The molecule has 1 aromatic heterocycles. The Morgan fingerprint density at radius 1 is 1.47 bits per heavy atom. The molecule has 0 aromatic carbocycles. The summed E-state index contributed by atoms with van der Waals surface area (Å²) >= 11 is 0. The lowest BCUT2D eigenvalue weighted by Crippen LogP contribution is -2.16. The van der Waals surface area contributed by atoms with Gasteiger partial charge < -0.3 is 10.1 Å². The third-order valence-corrected chi connectivity index (χ3v) is 2.00. The Bertz CT molecular complexity index is 345. The molecule has 1 atom stereocenters. The summed E-state index contributed by atoms with van der Waals surface area (Å²) in [6.07, 6.45) is 3.62. The van der Waals surface area contributed by atoms with E-state index in [1.54, 1.807) is 7.11 Å². The van der Waals surface area contributed by atoms with Crippen molar-refractivity contribution in [3.63, 3.8) is 0 Å². The number of aromatic nitrogens is 2. The number of hydrogen-bond acceptors (Lipinski definition) is 4. The van der Waals surface area contributed by atoms with Gasteiger partial charge in [-0.1, -0.05) is 11.6 Å². The molecular formula is C11H17N3O. The quantitative estimate of drug-likeness (QED) is 0.763. The molecule has 1 unspecified atom stereocenters. The van der Waals surface area contributed by atoms with Crippen LogP contribution in [0.25, 0.3) is 0 Å². The summed E-state index contributed by atoms with van der Waals surface area (Å²) < 4.78 is 5.05. The first-order chi connectivity index (χ1) is 7.17. The average Bonchev–Trinajstić information content (AvgIpc) is 2.25. The van der Waals surface area contributed by atoms with Crippen molar-refractivity contribution in [3.05, 3.63) is 29.7 Å². The van der Waals surface area contributed by atoms with Crippen LogP contribution in [0.5, 0.6) is 5.88 Å². The van der Waals surface area contributed by atoms with Crippen LogP contribution in [0.2, 0.25) is 0 Å². The molecule has 0 aliphatic carbocycles. The van der Waals surface area contributed by atoms with Crippen LogP contribution in [0.1, 0.15) is 25.6 Å². The fraction of sp³-hybridized carbons (Fsp3) is 0.455. The Morgan fingerprint density at radius 2 is 2.20 bits per heavy atom. The standard InChI is InChI=1S/C11H17N3O/c1-8(2)5-9(12-3)10-6-11(15-4)14-7-13-10/h5-7,9,12H,1-4H3. The Kier molecular flexibility index (Phi) is 4.24. The molecule has 0 amide bonds. The van der Waals surface area contributed by atoms with Gasteiger partial charge in [-0.25, -0.2) is 9.97 Å². The molecule has 0 saturated heterocycles. The topological polar surface area (TPSA) is 47.0 Å². The Hall–Kier alpha value is -1.42. The fourth-order valence-corrected chi connectivity index (χ4v) is 1.29. The molecule has 15 heavy (non-hydrogen) atoms. The smallest absolute Gasteiger partial charge is 0.216 e. The van der Waals surface area contributed by atoms with Crippen LogP contribution < -0.4 is 10.1 Å². The highest BCUT2D eigenvalue weighted by atomic mass is 16.5. The average molecular weight is 207 g/mol. The number of likely N-dealkylation sites (N-methyl/N-ethyl adjacent to an activating group) is 1. The Labute approximate surface area is 90.4 Å².